The van der Waals surface area contributed by atoms with E-state index in [1.165, 1.54) is 6.33 Å². The molecule has 0 bridgehead atoms. The van der Waals surface area contributed by atoms with E-state index in [1.807, 2.05) is 13.8 Å². The largest absolute Gasteiger partial charge is 0.347 e. The van der Waals surface area contributed by atoms with Crippen molar-refractivity contribution in [3.8, 4) is 0 Å². The van der Waals surface area contributed by atoms with Crippen LogP contribution in [0.25, 0.3) is 0 Å². The molecule has 1 aromatic heterocycles. The van der Waals surface area contributed by atoms with Gasteiger partial charge in [-0.25, -0.2) is 18.1 Å². The third-order valence-corrected chi connectivity index (χ3v) is 3.28. The fraction of sp³-hybridized carbons (Fsp3) is 0.625. The van der Waals surface area contributed by atoms with Crippen LogP contribution in [0.15, 0.2) is 12.5 Å². The highest BCUT2D eigenvalue weighted by Crippen LogP contribution is 1.99. The van der Waals surface area contributed by atoms with Crippen molar-refractivity contribution in [2.24, 2.45) is 5.92 Å². The Balaban J connectivity index is 2.45. The molecule has 6 heteroatoms. The Morgan fingerprint density at radius 3 is 2.79 bits per heavy atom. The van der Waals surface area contributed by atoms with Crippen LogP contribution in [-0.4, -0.2) is 24.1 Å². The van der Waals surface area contributed by atoms with Gasteiger partial charge in [-0.1, -0.05) is 13.8 Å². The van der Waals surface area contributed by atoms with E-state index in [1.54, 1.807) is 6.20 Å². The van der Waals surface area contributed by atoms with Gasteiger partial charge in [0.05, 0.1) is 18.6 Å². The third-order valence-electron chi connectivity index (χ3n) is 1.59. The number of hydrogen-bond acceptors (Lipinski definition) is 3. The van der Waals surface area contributed by atoms with Crippen molar-refractivity contribution in [1.82, 2.24) is 14.7 Å². The Morgan fingerprint density at radius 2 is 2.29 bits per heavy atom. The molecule has 14 heavy (non-hydrogen) atoms. The average molecular weight is 217 g/mol. The molecule has 1 aromatic rings. The molecule has 0 aliphatic rings. The van der Waals surface area contributed by atoms with Gasteiger partial charge in [0.2, 0.25) is 10.0 Å². The van der Waals surface area contributed by atoms with Crippen molar-refractivity contribution in [3.05, 3.63) is 18.2 Å². The van der Waals surface area contributed by atoms with E-state index in [0.29, 0.717) is 0 Å². The second kappa shape index (κ2) is 4.56. The minimum absolute atomic E-state index is 0.134. The molecule has 80 valence electrons. The number of aromatic nitrogens is 2. The van der Waals surface area contributed by atoms with Crippen molar-refractivity contribution in [2.45, 2.75) is 20.4 Å². The third kappa shape index (κ3) is 3.89. The number of nitrogens with one attached hydrogen (secondary N) is 2. The van der Waals surface area contributed by atoms with Crippen molar-refractivity contribution >= 4 is 10.0 Å². The standard InChI is InChI=1S/C8H15N3O2S/c1-7(2)5-14(12,13)11-4-8-3-9-6-10-8/h3,6-7,11H,4-5H2,1-2H3,(H,9,10). The molecule has 0 saturated carbocycles. The minimum Gasteiger partial charge on any atom is -0.347 e. The van der Waals surface area contributed by atoms with Gasteiger partial charge in [-0.3, -0.25) is 0 Å². The summed E-state index contributed by atoms with van der Waals surface area (Å²) in [5, 5.41) is 0. The van der Waals surface area contributed by atoms with Crippen molar-refractivity contribution in [3.63, 3.8) is 0 Å². The van der Waals surface area contributed by atoms with Gasteiger partial charge < -0.3 is 4.98 Å². The van der Waals surface area contributed by atoms with Gasteiger partial charge in [-0.05, 0) is 5.92 Å². The predicted molar refractivity (Wildman–Crippen MR) is 54.1 cm³/mol. The first-order chi connectivity index (χ1) is 6.49. The molecular formula is C8H15N3O2S. The Bertz CT molecular complexity index is 356. The van der Waals surface area contributed by atoms with E-state index in [2.05, 4.69) is 14.7 Å². The van der Waals surface area contributed by atoms with Crippen molar-refractivity contribution in [2.75, 3.05) is 5.75 Å². The lowest BCUT2D eigenvalue weighted by Gasteiger charge is -2.07. The van der Waals surface area contributed by atoms with Gasteiger partial charge in [-0.15, -0.1) is 0 Å². The number of nitrogens with zero attached hydrogens (tertiary/aromatic N) is 1. The van der Waals surface area contributed by atoms with Gasteiger partial charge in [0.25, 0.3) is 0 Å². The lowest BCUT2D eigenvalue weighted by atomic mass is 10.3. The highest BCUT2D eigenvalue weighted by molar-refractivity contribution is 7.89. The highest BCUT2D eigenvalue weighted by atomic mass is 32.2. The smallest absolute Gasteiger partial charge is 0.212 e. The lowest BCUT2D eigenvalue weighted by molar-refractivity contribution is 0.567. The quantitative estimate of drug-likeness (QED) is 0.753. The van der Waals surface area contributed by atoms with Crippen molar-refractivity contribution < 1.29 is 8.42 Å². The monoisotopic (exact) mass is 217 g/mol. The number of imidazole rings is 1. The fourth-order valence-corrected chi connectivity index (χ4v) is 2.44. The number of hydrogen-bond donors (Lipinski definition) is 2. The van der Waals surface area contributed by atoms with E-state index >= 15 is 0 Å². The zero-order chi connectivity index (χ0) is 10.6. The SMILES string of the molecule is CC(C)CS(=O)(=O)NCc1cnc[nH]1. The van der Waals surface area contributed by atoms with E-state index in [-0.39, 0.29) is 18.2 Å². The molecular weight excluding hydrogens is 202 g/mol. The molecule has 0 aromatic carbocycles. The molecule has 0 unspecified atom stereocenters. The molecule has 0 atom stereocenters. The fourth-order valence-electron chi connectivity index (χ4n) is 1.07. The summed E-state index contributed by atoms with van der Waals surface area (Å²) in [6, 6.07) is 0. The van der Waals surface area contributed by atoms with E-state index < -0.39 is 10.0 Å². The summed E-state index contributed by atoms with van der Waals surface area (Å²) in [6.45, 7) is 4.01. The summed E-state index contributed by atoms with van der Waals surface area (Å²) in [7, 11) is -3.15. The Morgan fingerprint density at radius 1 is 1.57 bits per heavy atom. The summed E-state index contributed by atoms with van der Waals surface area (Å²) in [5.41, 5.74) is 0.761. The number of sulfonamides is 1. The molecule has 0 aliphatic carbocycles. The maximum atomic E-state index is 11.4. The van der Waals surface area contributed by atoms with Gasteiger partial charge in [0, 0.05) is 11.9 Å². The van der Waals surface area contributed by atoms with Crippen molar-refractivity contribution in [1.29, 1.82) is 0 Å². The number of H-pyrrole nitrogens is 1. The van der Waals surface area contributed by atoms with Crippen LogP contribution in [-0.2, 0) is 16.6 Å². The van der Waals surface area contributed by atoms with E-state index in [9.17, 15) is 8.42 Å². The average Bonchev–Trinajstić information content (AvgIpc) is 2.50. The van der Waals surface area contributed by atoms with Crippen LogP contribution >= 0.6 is 0 Å². The zero-order valence-corrected chi connectivity index (χ0v) is 9.13. The molecule has 5 nitrogen and oxygen atoms in total. The lowest BCUT2D eigenvalue weighted by Crippen LogP contribution is -2.28. The second-order valence-electron chi connectivity index (χ2n) is 3.57. The molecule has 0 aliphatic heterocycles. The zero-order valence-electron chi connectivity index (χ0n) is 8.32. The summed E-state index contributed by atoms with van der Waals surface area (Å²) < 4.78 is 25.3. The van der Waals surface area contributed by atoms with Crippen LogP contribution in [0.2, 0.25) is 0 Å². The molecule has 1 rings (SSSR count). The molecule has 0 saturated heterocycles. The Labute approximate surface area is 84.0 Å². The summed E-state index contributed by atoms with van der Waals surface area (Å²) in [6.07, 6.45) is 3.12. The normalized spacial score (nSPS) is 12.2. The topological polar surface area (TPSA) is 74.8 Å². The van der Waals surface area contributed by atoms with Gasteiger partial charge in [0.15, 0.2) is 0 Å². The van der Waals surface area contributed by atoms with Crippen LogP contribution in [0.1, 0.15) is 19.5 Å². The maximum Gasteiger partial charge on any atom is 0.212 e. The molecule has 0 radical (unpaired) electrons. The maximum absolute atomic E-state index is 11.4. The van der Waals surface area contributed by atoms with E-state index in [0.717, 1.165) is 5.69 Å². The van der Waals surface area contributed by atoms with E-state index in [4.69, 9.17) is 0 Å². The molecule has 0 amide bonds. The van der Waals surface area contributed by atoms with Crippen LogP contribution in [0, 0.1) is 5.92 Å². The first-order valence-electron chi connectivity index (χ1n) is 4.44. The molecule has 1 heterocycles. The molecule has 2 N–H and O–H groups in total. The second-order valence-corrected chi connectivity index (χ2v) is 5.42. The van der Waals surface area contributed by atoms with Gasteiger partial charge in [-0.2, -0.15) is 0 Å². The minimum atomic E-state index is -3.15. The summed E-state index contributed by atoms with van der Waals surface area (Å²) in [4.78, 5) is 6.62. The first-order valence-corrected chi connectivity index (χ1v) is 6.09. The Hall–Kier alpha value is -0.880. The van der Waals surface area contributed by atoms with Gasteiger partial charge in [0.1, 0.15) is 0 Å². The first kappa shape index (κ1) is 11.2. The summed E-state index contributed by atoms with van der Waals surface area (Å²) >= 11 is 0. The Kier molecular flexibility index (Phi) is 3.65. The predicted octanol–water partition coefficient (Wildman–Crippen LogP) is 0.485. The van der Waals surface area contributed by atoms with Crippen LogP contribution in [0.5, 0.6) is 0 Å². The van der Waals surface area contributed by atoms with Crippen LogP contribution in [0.4, 0.5) is 0 Å². The molecule has 0 fully saturated rings. The molecule has 0 spiro atoms. The van der Waals surface area contributed by atoms with Gasteiger partial charge >= 0.3 is 0 Å². The highest BCUT2D eigenvalue weighted by Gasteiger charge is 2.12. The van der Waals surface area contributed by atoms with Crippen LogP contribution < -0.4 is 4.72 Å². The summed E-state index contributed by atoms with van der Waals surface area (Å²) in [5.74, 6) is 0.287. The number of rotatable bonds is 5. The number of aromatic amines is 1. The van der Waals surface area contributed by atoms with Crippen LogP contribution in [0.3, 0.4) is 0 Å².